The second-order valence-electron chi connectivity index (χ2n) is 6.28. The Morgan fingerprint density at radius 1 is 1.26 bits per heavy atom. The molecular formula is C17H25N3O3. The van der Waals surface area contributed by atoms with Crippen LogP contribution in [-0.4, -0.2) is 34.8 Å². The fraction of sp³-hybridized carbons (Fsp3) is 0.647. The predicted octanol–water partition coefficient (Wildman–Crippen LogP) is 2.32. The van der Waals surface area contributed by atoms with Crippen LogP contribution in [0.25, 0.3) is 0 Å². The lowest BCUT2D eigenvalue weighted by atomic mass is 10.1. The summed E-state index contributed by atoms with van der Waals surface area (Å²) in [5.41, 5.74) is 3.42. The summed E-state index contributed by atoms with van der Waals surface area (Å²) in [7, 11) is 0. The summed E-state index contributed by atoms with van der Waals surface area (Å²) < 4.78 is 7.38. The maximum absolute atomic E-state index is 12.8. The smallest absolute Gasteiger partial charge is 0.278 e. The van der Waals surface area contributed by atoms with Crippen LogP contribution in [0.1, 0.15) is 62.4 Å². The van der Waals surface area contributed by atoms with E-state index in [9.17, 15) is 9.59 Å². The van der Waals surface area contributed by atoms with Gasteiger partial charge >= 0.3 is 0 Å². The van der Waals surface area contributed by atoms with Gasteiger partial charge in [0.2, 0.25) is 5.43 Å². The van der Waals surface area contributed by atoms with Gasteiger partial charge in [-0.25, -0.2) is 0 Å². The summed E-state index contributed by atoms with van der Waals surface area (Å²) in [6, 6.07) is 1.46. The molecule has 0 unspecified atom stereocenters. The molecule has 0 spiro atoms. The first kappa shape index (κ1) is 15.9. The standard InChI is InChI=1S/C17H25N3O3/c1-2-3-4-7-12-23-16-13(21)9-11-20-15(16)17(22)19-10-6-5-8-14(19)18-20/h9,11,14,18H,2-8,10,12H2,1H3/t14-/m0/s1. The third-order valence-corrected chi connectivity index (χ3v) is 4.55. The van der Waals surface area contributed by atoms with E-state index in [0.717, 1.165) is 51.5 Å². The van der Waals surface area contributed by atoms with Gasteiger partial charge in [0.1, 0.15) is 6.17 Å². The molecule has 3 heterocycles. The molecule has 0 bridgehead atoms. The molecule has 1 atom stereocenters. The summed E-state index contributed by atoms with van der Waals surface area (Å²) in [5, 5.41) is 0. The number of fused-ring (bicyclic) bond motifs is 2. The van der Waals surface area contributed by atoms with Gasteiger partial charge in [0.15, 0.2) is 11.4 Å². The van der Waals surface area contributed by atoms with Gasteiger partial charge in [0.25, 0.3) is 5.91 Å². The van der Waals surface area contributed by atoms with Gasteiger partial charge in [0.05, 0.1) is 6.61 Å². The fourth-order valence-electron chi connectivity index (χ4n) is 3.27. The first-order valence-corrected chi connectivity index (χ1v) is 8.68. The second-order valence-corrected chi connectivity index (χ2v) is 6.28. The highest BCUT2D eigenvalue weighted by Gasteiger charge is 2.36. The van der Waals surface area contributed by atoms with E-state index in [4.69, 9.17) is 4.74 Å². The summed E-state index contributed by atoms with van der Waals surface area (Å²) in [5.74, 6) is 0.0835. The van der Waals surface area contributed by atoms with Crippen LogP contribution in [0.2, 0.25) is 0 Å². The van der Waals surface area contributed by atoms with Crippen molar-refractivity contribution in [3.05, 3.63) is 28.2 Å². The molecule has 0 radical (unpaired) electrons. The molecular weight excluding hydrogens is 294 g/mol. The van der Waals surface area contributed by atoms with Gasteiger partial charge in [-0.1, -0.05) is 26.2 Å². The third-order valence-electron chi connectivity index (χ3n) is 4.55. The van der Waals surface area contributed by atoms with Crippen molar-refractivity contribution in [3.63, 3.8) is 0 Å². The van der Waals surface area contributed by atoms with Crippen molar-refractivity contribution in [1.82, 2.24) is 9.58 Å². The monoisotopic (exact) mass is 319 g/mol. The van der Waals surface area contributed by atoms with Crippen molar-refractivity contribution in [2.24, 2.45) is 0 Å². The Kier molecular flexibility index (Phi) is 4.88. The number of nitrogens with zero attached hydrogens (tertiary/aromatic N) is 2. The molecule has 0 aromatic carbocycles. The van der Waals surface area contributed by atoms with Crippen LogP contribution in [0.4, 0.5) is 0 Å². The predicted molar refractivity (Wildman–Crippen MR) is 88.4 cm³/mol. The Labute approximate surface area is 136 Å². The van der Waals surface area contributed by atoms with Crippen molar-refractivity contribution in [3.8, 4) is 5.75 Å². The first-order valence-electron chi connectivity index (χ1n) is 8.68. The van der Waals surface area contributed by atoms with Crippen molar-refractivity contribution >= 4 is 5.91 Å². The summed E-state index contributed by atoms with van der Waals surface area (Å²) in [6.45, 7) is 3.36. The van der Waals surface area contributed by atoms with Gasteiger partial charge in [-0.05, 0) is 25.7 Å². The van der Waals surface area contributed by atoms with E-state index in [1.807, 2.05) is 4.90 Å². The van der Waals surface area contributed by atoms with Crippen LogP contribution in [-0.2, 0) is 0 Å². The largest absolute Gasteiger partial charge is 0.487 e. The van der Waals surface area contributed by atoms with Crippen LogP contribution in [0.3, 0.4) is 0 Å². The van der Waals surface area contributed by atoms with Crippen LogP contribution in [0.15, 0.2) is 17.1 Å². The van der Waals surface area contributed by atoms with Crippen LogP contribution in [0, 0.1) is 0 Å². The minimum absolute atomic E-state index is 0.0173. The SMILES string of the molecule is CCCCCCOc1c2n(ccc1=O)N[C@@H]1CCCCN1C2=O. The highest BCUT2D eigenvalue weighted by Crippen LogP contribution is 2.26. The van der Waals surface area contributed by atoms with Crippen LogP contribution < -0.4 is 15.6 Å². The molecule has 0 saturated carbocycles. The molecule has 0 aliphatic carbocycles. The van der Waals surface area contributed by atoms with Crippen molar-refractivity contribution < 1.29 is 9.53 Å². The fourth-order valence-corrected chi connectivity index (χ4v) is 3.27. The van der Waals surface area contributed by atoms with E-state index in [2.05, 4.69) is 12.3 Å². The lowest BCUT2D eigenvalue weighted by Gasteiger charge is -2.41. The lowest BCUT2D eigenvalue weighted by Crippen LogP contribution is -2.55. The zero-order chi connectivity index (χ0) is 16.2. The number of carbonyl (C=O) groups excluding carboxylic acids is 1. The van der Waals surface area contributed by atoms with Crippen molar-refractivity contribution in [2.45, 2.75) is 58.0 Å². The molecule has 1 aromatic heterocycles. The zero-order valence-electron chi connectivity index (χ0n) is 13.7. The molecule has 126 valence electrons. The third kappa shape index (κ3) is 3.21. The molecule has 3 rings (SSSR count). The van der Waals surface area contributed by atoms with E-state index in [1.54, 1.807) is 10.9 Å². The molecule has 2 aliphatic heterocycles. The Morgan fingerprint density at radius 2 is 2.13 bits per heavy atom. The molecule has 2 aliphatic rings. The highest BCUT2D eigenvalue weighted by atomic mass is 16.5. The minimum atomic E-state index is -0.225. The van der Waals surface area contributed by atoms with E-state index in [0.29, 0.717) is 12.3 Å². The molecule has 1 N–H and O–H groups in total. The van der Waals surface area contributed by atoms with Gasteiger partial charge in [0, 0.05) is 18.8 Å². The van der Waals surface area contributed by atoms with Crippen molar-refractivity contribution in [2.75, 3.05) is 18.6 Å². The number of ether oxygens (including phenoxy) is 1. The van der Waals surface area contributed by atoms with Gasteiger partial charge in [-0.3, -0.25) is 14.3 Å². The van der Waals surface area contributed by atoms with Gasteiger partial charge in [-0.2, -0.15) is 0 Å². The summed E-state index contributed by atoms with van der Waals surface area (Å²) in [6.07, 6.45) is 8.99. The number of pyridine rings is 1. The average Bonchev–Trinajstić information content (AvgIpc) is 2.57. The number of carbonyl (C=O) groups is 1. The topological polar surface area (TPSA) is 63.6 Å². The average molecular weight is 319 g/mol. The second kappa shape index (κ2) is 7.06. The molecule has 1 aromatic rings. The molecule has 1 saturated heterocycles. The van der Waals surface area contributed by atoms with Crippen LogP contribution >= 0.6 is 0 Å². The Hall–Kier alpha value is -1.98. The number of piperidine rings is 1. The van der Waals surface area contributed by atoms with Gasteiger partial charge in [-0.15, -0.1) is 0 Å². The quantitative estimate of drug-likeness (QED) is 0.817. The number of nitrogens with one attached hydrogen (secondary N) is 1. The minimum Gasteiger partial charge on any atom is -0.487 e. The Balaban J connectivity index is 1.81. The number of hydrogen-bond donors (Lipinski definition) is 1. The van der Waals surface area contributed by atoms with E-state index in [1.165, 1.54) is 6.07 Å². The lowest BCUT2D eigenvalue weighted by molar-refractivity contribution is 0.0567. The first-order chi connectivity index (χ1) is 11.2. The molecule has 1 amide bonds. The van der Waals surface area contributed by atoms with E-state index < -0.39 is 0 Å². The maximum atomic E-state index is 12.8. The summed E-state index contributed by atoms with van der Waals surface area (Å²) in [4.78, 5) is 26.8. The summed E-state index contributed by atoms with van der Waals surface area (Å²) >= 11 is 0. The number of aromatic nitrogens is 1. The molecule has 1 fully saturated rings. The number of unbranched alkanes of at least 4 members (excludes halogenated alkanes) is 3. The zero-order valence-corrected chi connectivity index (χ0v) is 13.7. The van der Waals surface area contributed by atoms with E-state index >= 15 is 0 Å². The number of rotatable bonds is 6. The number of amides is 1. The number of hydrogen-bond acceptors (Lipinski definition) is 4. The van der Waals surface area contributed by atoms with Crippen LogP contribution in [0.5, 0.6) is 5.75 Å². The molecule has 23 heavy (non-hydrogen) atoms. The normalized spacial score (nSPS) is 19.8. The Morgan fingerprint density at radius 3 is 2.96 bits per heavy atom. The van der Waals surface area contributed by atoms with Crippen molar-refractivity contribution in [1.29, 1.82) is 0 Å². The van der Waals surface area contributed by atoms with Gasteiger partial charge < -0.3 is 15.1 Å². The molecule has 6 heteroatoms. The van der Waals surface area contributed by atoms with E-state index in [-0.39, 0.29) is 23.3 Å². The highest BCUT2D eigenvalue weighted by molar-refractivity contribution is 5.96. The maximum Gasteiger partial charge on any atom is 0.278 e. The Bertz CT molecular complexity index is 626. The molecule has 6 nitrogen and oxygen atoms in total.